The summed E-state index contributed by atoms with van der Waals surface area (Å²) in [5.74, 6) is 6.17. The van der Waals surface area contributed by atoms with Gasteiger partial charge in [-0.15, -0.1) is 0 Å². The number of aliphatic imine (C=N–C) groups is 1. The number of guanidine groups is 1. The van der Waals surface area contributed by atoms with Crippen LogP contribution in [0, 0.1) is 0 Å². The largest absolute Gasteiger partial charge is 0.377 e. The fourth-order valence-electron chi connectivity index (χ4n) is 1.15. The molecule has 0 radical (unpaired) electrons. The van der Waals surface area contributed by atoms with E-state index in [1.54, 1.807) is 0 Å². The first-order valence-corrected chi connectivity index (χ1v) is 5.50. The van der Waals surface area contributed by atoms with E-state index >= 15 is 0 Å². The number of hydrogen-bond donors (Lipinski definition) is 2. The number of nitrogens with one attached hydrogen (secondary N) is 1. The van der Waals surface area contributed by atoms with Crippen LogP contribution in [-0.2, 0) is 4.74 Å². The maximum atomic E-state index is 5.46. The van der Waals surface area contributed by atoms with Crippen LogP contribution in [0.15, 0.2) is 4.99 Å². The van der Waals surface area contributed by atoms with Crippen molar-refractivity contribution >= 4 is 5.96 Å². The summed E-state index contributed by atoms with van der Waals surface area (Å²) in [4.78, 5) is 6.44. The lowest BCUT2D eigenvalue weighted by molar-refractivity contribution is 0.0721. The van der Waals surface area contributed by atoms with Crippen molar-refractivity contribution in [2.45, 2.75) is 38.8 Å². The summed E-state index contributed by atoms with van der Waals surface area (Å²) >= 11 is 0. The zero-order valence-corrected chi connectivity index (χ0v) is 9.86. The fraction of sp³-hybridized carbons (Fsp3) is 0.900. The first kappa shape index (κ1) is 12.3. The van der Waals surface area contributed by atoms with Gasteiger partial charge in [0.05, 0.1) is 18.8 Å². The van der Waals surface area contributed by atoms with Gasteiger partial charge in [0.2, 0.25) is 5.96 Å². The van der Waals surface area contributed by atoms with E-state index in [1.165, 1.54) is 12.8 Å². The SMILES string of the molecule is CC(C)OCCN(C)C(=NC1CC1)NN. The first-order valence-electron chi connectivity index (χ1n) is 5.50. The predicted molar refractivity (Wildman–Crippen MR) is 61.5 cm³/mol. The minimum atomic E-state index is 0.271. The smallest absolute Gasteiger partial charge is 0.208 e. The second-order valence-corrected chi connectivity index (χ2v) is 4.17. The van der Waals surface area contributed by atoms with Gasteiger partial charge in [-0.1, -0.05) is 0 Å². The number of rotatable bonds is 5. The van der Waals surface area contributed by atoms with Crippen molar-refractivity contribution in [3.05, 3.63) is 0 Å². The van der Waals surface area contributed by atoms with E-state index in [-0.39, 0.29) is 6.10 Å². The molecular formula is C10H22N4O. The molecule has 0 atom stereocenters. The molecule has 0 bridgehead atoms. The number of nitrogens with two attached hydrogens (primary N) is 1. The molecule has 1 aliphatic rings. The van der Waals surface area contributed by atoms with Crippen LogP contribution in [0.1, 0.15) is 26.7 Å². The third-order valence-electron chi connectivity index (χ3n) is 2.22. The highest BCUT2D eigenvalue weighted by Gasteiger charge is 2.21. The number of nitrogens with zero attached hydrogens (tertiary/aromatic N) is 2. The average molecular weight is 214 g/mol. The third kappa shape index (κ3) is 4.99. The minimum Gasteiger partial charge on any atom is -0.377 e. The van der Waals surface area contributed by atoms with Crippen LogP contribution in [0.3, 0.4) is 0 Å². The molecule has 0 aliphatic heterocycles. The number of ether oxygens (including phenoxy) is 1. The van der Waals surface area contributed by atoms with Gasteiger partial charge in [-0.25, -0.2) is 10.8 Å². The standard InChI is InChI=1S/C10H22N4O/c1-8(2)15-7-6-14(3)10(13-11)12-9-4-5-9/h8-9H,4-7,11H2,1-3H3,(H,12,13). The normalized spacial score (nSPS) is 17.0. The topological polar surface area (TPSA) is 62.9 Å². The minimum absolute atomic E-state index is 0.271. The number of likely N-dealkylation sites (N-methyl/N-ethyl adjacent to an activating group) is 1. The number of hydrazine groups is 1. The summed E-state index contributed by atoms with van der Waals surface area (Å²) in [5.41, 5.74) is 2.63. The molecule has 0 heterocycles. The van der Waals surface area contributed by atoms with Crippen molar-refractivity contribution in [3.63, 3.8) is 0 Å². The molecule has 1 aliphatic carbocycles. The van der Waals surface area contributed by atoms with Crippen LogP contribution in [0.2, 0.25) is 0 Å². The summed E-state index contributed by atoms with van der Waals surface area (Å²) in [5, 5.41) is 0. The lowest BCUT2D eigenvalue weighted by Gasteiger charge is -2.21. The lowest BCUT2D eigenvalue weighted by Crippen LogP contribution is -2.44. The fourth-order valence-corrected chi connectivity index (χ4v) is 1.15. The maximum Gasteiger partial charge on any atom is 0.208 e. The van der Waals surface area contributed by atoms with E-state index in [0.29, 0.717) is 12.6 Å². The molecule has 1 saturated carbocycles. The molecule has 0 unspecified atom stereocenters. The highest BCUT2D eigenvalue weighted by atomic mass is 16.5. The van der Waals surface area contributed by atoms with Gasteiger partial charge in [0.1, 0.15) is 0 Å². The van der Waals surface area contributed by atoms with Crippen molar-refractivity contribution in [2.24, 2.45) is 10.8 Å². The van der Waals surface area contributed by atoms with Gasteiger partial charge in [0, 0.05) is 13.6 Å². The van der Waals surface area contributed by atoms with E-state index in [1.807, 2.05) is 25.8 Å². The van der Waals surface area contributed by atoms with Crippen LogP contribution in [0.4, 0.5) is 0 Å². The van der Waals surface area contributed by atoms with Gasteiger partial charge in [-0.05, 0) is 26.7 Å². The molecule has 0 saturated heterocycles. The molecule has 5 heteroatoms. The third-order valence-corrected chi connectivity index (χ3v) is 2.22. The Bertz CT molecular complexity index is 213. The number of hydrogen-bond acceptors (Lipinski definition) is 3. The van der Waals surface area contributed by atoms with Crippen molar-refractivity contribution in [1.82, 2.24) is 10.3 Å². The summed E-state index contributed by atoms with van der Waals surface area (Å²) in [7, 11) is 1.96. The zero-order chi connectivity index (χ0) is 11.3. The Labute approximate surface area is 91.6 Å². The van der Waals surface area contributed by atoms with Gasteiger partial charge in [0.15, 0.2) is 0 Å². The summed E-state index contributed by atoms with van der Waals surface area (Å²) in [6, 6.07) is 0.476. The van der Waals surface area contributed by atoms with Crippen molar-refractivity contribution in [3.8, 4) is 0 Å². The Balaban J connectivity index is 2.26. The van der Waals surface area contributed by atoms with E-state index in [2.05, 4.69) is 10.4 Å². The highest BCUT2D eigenvalue weighted by molar-refractivity contribution is 5.79. The van der Waals surface area contributed by atoms with Gasteiger partial charge in [0.25, 0.3) is 0 Å². The van der Waals surface area contributed by atoms with Gasteiger partial charge >= 0.3 is 0 Å². The molecule has 1 fully saturated rings. The highest BCUT2D eigenvalue weighted by Crippen LogP contribution is 2.23. The molecule has 15 heavy (non-hydrogen) atoms. The van der Waals surface area contributed by atoms with E-state index in [0.717, 1.165) is 12.5 Å². The van der Waals surface area contributed by atoms with Crippen LogP contribution in [0.5, 0.6) is 0 Å². The summed E-state index contributed by atoms with van der Waals surface area (Å²) in [6.07, 6.45) is 2.64. The average Bonchev–Trinajstić information content (AvgIpc) is 2.96. The molecule has 0 aromatic heterocycles. The molecule has 0 aromatic carbocycles. The molecule has 88 valence electrons. The molecule has 5 nitrogen and oxygen atoms in total. The summed E-state index contributed by atoms with van der Waals surface area (Å²) < 4.78 is 5.46. The molecular weight excluding hydrogens is 192 g/mol. The predicted octanol–water partition coefficient (Wildman–Crippen LogP) is 0.325. The first-order chi connectivity index (χ1) is 7.13. The Morgan fingerprint density at radius 1 is 1.60 bits per heavy atom. The second kappa shape index (κ2) is 5.92. The Morgan fingerprint density at radius 3 is 2.73 bits per heavy atom. The summed E-state index contributed by atoms with van der Waals surface area (Å²) in [6.45, 7) is 5.55. The van der Waals surface area contributed by atoms with Crippen LogP contribution < -0.4 is 11.3 Å². The molecule has 0 spiro atoms. The van der Waals surface area contributed by atoms with Gasteiger partial charge < -0.3 is 9.64 Å². The Morgan fingerprint density at radius 2 is 2.27 bits per heavy atom. The Hall–Kier alpha value is -0.810. The van der Waals surface area contributed by atoms with Crippen molar-refractivity contribution in [1.29, 1.82) is 0 Å². The van der Waals surface area contributed by atoms with E-state index in [9.17, 15) is 0 Å². The van der Waals surface area contributed by atoms with Gasteiger partial charge in [-0.2, -0.15) is 0 Å². The molecule has 1 rings (SSSR count). The molecule has 0 aromatic rings. The molecule has 0 amide bonds. The van der Waals surface area contributed by atoms with E-state index < -0.39 is 0 Å². The molecule has 3 N–H and O–H groups in total. The van der Waals surface area contributed by atoms with Crippen LogP contribution in [0.25, 0.3) is 0 Å². The monoisotopic (exact) mass is 214 g/mol. The quantitative estimate of drug-likeness (QED) is 0.299. The van der Waals surface area contributed by atoms with Gasteiger partial charge in [-0.3, -0.25) is 5.43 Å². The second-order valence-electron chi connectivity index (χ2n) is 4.17. The maximum absolute atomic E-state index is 5.46. The van der Waals surface area contributed by atoms with Crippen LogP contribution >= 0.6 is 0 Å². The van der Waals surface area contributed by atoms with Crippen molar-refractivity contribution < 1.29 is 4.74 Å². The zero-order valence-electron chi connectivity index (χ0n) is 9.86. The lowest BCUT2D eigenvalue weighted by atomic mass is 10.5. The Kier molecular flexibility index (Phi) is 4.84. The van der Waals surface area contributed by atoms with Crippen LogP contribution in [-0.4, -0.2) is 43.2 Å². The van der Waals surface area contributed by atoms with Crippen molar-refractivity contribution in [2.75, 3.05) is 20.2 Å². The van der Waals surface area contributed by atoms with E-state index in [4.69, 9.17) is 10.6 Å².